The van der Waals surface area contributed by atoms with Gasteiger partial charge < -0.3 is 10.0 Å². The molecule has 3 nitrogen and oxygen atoms in total. The highest BCUT2D eigenvalue weighted by atomic mass is 16.3. The molecule has 0 spiro atoms. The second-order valence-electron chi connectivity index (χ2n) is 5.09. The van der Waals surface area contributed by atoms with Crippen LogP contribution in [0.2, 0.25) is 0 Å². The average molecular weight is 267 g/mol. The van der Waals surface area contributed by atoms with E-state index < -0.39 is 5.60 Å². The van der Waals surface area contributed by atoms with E-state index in [1.165, 1.54) is 0 Å². The van der Waals surface area contributed by atoms with Gasteiger partial charge in [-0.15, -0.1) is 0 Å². The van der Waals surface area contributed by atoms with Crippen molar-refractivity contribution in [1.29, 1.82) is 0 Å². The van der Waals surface area contributed by atoms with Gasteiger partial charge in [-0.25, -0.2) is 0 Å². The maximum Gasteiger partial charge on any atom is 0.264 e. The van der Waals surface area contributed by atoms with Crippen molar-refractivity contribution in [2.24, 2.45) is 0 Å². The summed E-state index contributed by atoms with van der Waals surface area (Å²) in [6.45, 7) is 2.48. The molecule has 1 aliphatic heterocycles. The van der Waals surface area contributed by atoms with E-state index in [9.17, 15) is 9.90 Å². The molecule has 1 aliphatic rings. The number of anilines is 1. The lowest BCUT2D eigenvalue weighted by Crippen LogP contribution is -2.41. The normalized spacial score (nSPS) is 21.1. The van der Waals surface area contributed by atoms with E-state index in [2.05, 4.69) is 0 Å². The summed E-state index contributed by atoms with van der Waals surface area (Å²) in [5, 5.41) is 11.0. The van der Waals surface area contributed by atoms with Crippen LogP contribution < -0.4 is 4.90 Å². The number of amides is 1. The summed E-state index contributed by atoms with van der Waals surface area (Å²) in [6.07, 6.45) is 0.306. The summed E-state index contributed by atoms with van der Waals surface area (Å²) in [5.74, 6) is -0.231. The van der Waals surface area contributed by atoms with Crippen LogP contribution in [0.4, 0.5) is 5.69 Å². The molecule has 1 unspecified atom stereocenters. The molecule has 0 aromatic heterocycles. The Labute approximate surface area is 118 Å². The number of para-hydroxylation sites is 1. The Morgan fingerprint density at radius 2 is 1.70 bits per heavy atom. The first-order valence-corrected chi connectivity index (χ1v) is 6.84. The van der Waals surface area contributed by atoms with Crippen LogP contribution in [-0.4, -0.2) is 17.6 Å². The number of likely N-dealkylation sites (N-methyl/N-ethyl adjacent to an activating group) is 1. The summed E-state index contributed by atoms with van der Waals surface area (Å²) >= 11 is 0. The maximum absolute atomic E-state index is 12.6. The quantitative estimate of drug-likeness (QED) is 0.928. The monoisotopic (exact) mass is 267 g/mol. The van der Waals surface area contributed by atoms with Crippen LogP contribution in [0, 0.1) is 0 Å². The molecule has 0 fully saturated rings. The largest absolute Gasteiger partial charge is 0.375 e. The lowest BCUT2D eigenvalue weighted by atomic mass is 9.88. The topological polar surface area (TPSA) is 40.5 Å². The van der Waals surface area contributed by atoms with Crippen molar-refractivity contribution < 1.29 is 9.90 Å². The van der Waals surface area contributed by atoms with Gasteiger partial charge in [0.25, 0.3) is 5.91 Å². The molecule has 0 radical (unpaired) electrons. The Morgan fingerprint density at radius 3 is 2.40 bits per heavy atom. The number of carbonyl (C=O) groups excluding carboxylic acids is 1. The molecule has 1 atom stereocenters. The van der Waals surface area contributed by atoms with Gasteiger partial charge in [0.15, 0.2) is 5.60 Å². The van der Waals surface area contributed by atoms with Gasteiger partial charge in [0, 0.05) is 18.5 Å². The third kappa shape index (κ3) is 1.82. The van der Waals surface area contributed by atoms with E-state index in [4.69, 9.17) is 0 Å². The van der Waals surface area contributed by atoms with E-state index in [1.54, 1.807) is 4.90 Å². The molecular weight excluding hydrogens is 250 g/mol. The Hall–Kier alpha value is -2.13. The summed E-state index contributed by atoms with van der Waals surface area (Å²) < 4.78 is 0. The lowest BCUT2D eigenvalue weighted by molar-refractivity contribution is -0.135. The SMILES string of the molecule is CCN1C(=O)C(O)(Cc2ccccc2)c2ccccc21. The number of fused-ring (bicyclic) bond motifs is 1. The molecule has 3 rings (SSSR count). The molecule has 0 bridgehead atoms. The number of carbonyl (C=O) groups is 1. The van der Waals surface area contributed by atoms with Crippen LogP contribution in [0.25, 0.3) is 0 Å². The second-order valence-corrected chi connectivity index (χ2v) is 5.09. The molecule has 0 aliphatic carbocycles. The van der Waals surface area contributed by atoms with Crippen molar-refractivity contribution in [3.63, 3.8) is 0 Å². The second kappa shape index (κ2) is 4.76. The molecule has 1 N–H and O–H groups in total. The third-order valence-corrected chi connectivity index (χ3v) is 3.86. The van der Waals surface area contributed by atoms with Crippen LogP contribution in [-0.2, 0) is 16.8 Å². The smallest absolute Gasteiger partial charge is 0.264 e. The number of rotatable bonds is 3. The van der Waals surface area contributed by atoms with Gasteiger partial charge in [0.2, 0.25) is 0 Å². The first kappa shape index (κ1) is 12.9. The fraction of sp³-hybridized carbons (Fsp3) is 0.235. The minimum absolute atomic E-state index is 0.231. The van der Waals surface area contributed by atoms with Crippen molar-refractivity contribution in [3.05, 3.63) is 65.7 Å². The lowest BCUT2D eigenvalue weighted by Gasteiger charge is -2.22. The zero-order chi connectivity index (χ0) is 14.2. The Morgan fingerprint density at radius 1 is 1.05 bits per heavy atom. The van der Waals surface area contributed by atoms with Gasteiger partial charge in [0.05, 0.1) is 5.69 Å². The standard InChI is InChI=1S/C17H17NO2/c1-2-18-15-11-7-6-10-14(15)17(20,16(18)19)12-13-8-4-3-5-9-13/h3-11,20H,2,12H2,1H3. The van der Waals surface area contributed by atoms with Crippen molar-refractivity contribution in [2.75, 3.05) is 11.4 Å². The highest BCUT2D eigenvalue weighted by molar-refractivity contribution is 6.07. The molecule has 20 heavy (non-hydrogen) atoms. The molecule has 1 amide bonds. The molecule has 0 saturated heterocycles. The predicted molar refractivity (Wildman–Crippen MR) is 78.5 cm³/mol. The van der Waals surface area contributed by atoms with Crippen molar-refractivity contribution >= 4 is 11.6 Å². The summed E-state index contributed by atoms with van der Waals surface area (Å²) in [5.41, 5.74) is 1.03. The van der Waals surface area contributed by atoms with Gasteiger partial charge in [0.1, 0.15) is 0 Å². The van der Waals surface area contributed by atoms with E-state index in [-0.39, 0.29) is 5.91 Å². The van der Waals surface area contributed by atoms with Gasteiger partial charge >= 0.3 is 0 Å². The van der Waals surface area contributed by atoms with Crippen molar-refractivity contribution in [1.82, 2.24) is 0 Å². The highest BCUT2D eigenvalue weighted by Gasteiger charge is 2.48. The maximum atomic E-state index is 12.6. The molecule has 1 heterocycles. The zero-order valence-corrected chi connectivity index (χ0v) is 11.4. The minimum Gasteiger partial charge on any atom is -0.375 e. The summed E-state index contributed by atoms with van der Waals surface area (Å²) in [4.78, 5) is 14.2. The van der Waals surface area contributed by atoms with E-state index >= 15 is 0 Å². The van der Waals surface area contributed by atoms with Crippen LogP contribution in [0.1, 0.15) is 18.1 Å². The Kier molecular flexibility index (Phi) is 3.07. The van der Waals surface area contributed by atoms with Crippen LogP contribution in [0.5, 0.6) is 0 Å². The number of nitrogens with zero attached hydrogens (tertiary/aromatic N) is 1. The van der Waals surface area contributed by atoms with Crippen LogP contribution in [0.15, 0.2) is 54.6 Å². The number of aliphatic hydroxyl groups is 1. The van der Waals surface area contributed by atoms with Gasteiger partial charge in [-0.05, 0) is 18.6 Å². The van der Waals surface area contributed by atoms with E-state index in [1.807, 2.05) is 61.5 Å². The average Bonchev–Trinajstić information content (AvgIpc) is 2.69. The van der Waals surface area contributed by atoms with Gasteiger partial charge in [-0.3, -0.25) is 4.79 Å². The zero-order valence-electron chi connectivity index (χ0n) is 11.4. The fourth-order valence-electron chi connectivity index (χ4n) is 2.88. The van der Waals surface area contributed by atoms with E-state index in [0.717, 1.165) is 11.3 Å². The molecule has 2 aromatic rings. The van der Waals surface area contributed by atoms with Gasteiger partial charge in [-0.2, -0.15) is 0 Å². The third-order valence-electron chi connectivity index (χ3n) is 3.86. The van der Waals surface area contributed by atoms with Crippen LogP contribution in [0.3, 0.4) is 0 Å². The molecule has 102 valence electrons. The van der Waals surface area contributed by atoms with Crippen molar-refractivity contribution in [2.45, 2.75) is 18.9 Å². The first-order valence-electron chi connectivity index (χ1n) is 6.84. The Bertz CT molecular complexity index is 638. The summed E-state index contributed by atoms with van der Waals surface area (Å²) in [6, 6.07) is 17.1. The molecular formula is C17H17NO2. The summed E-state index contributed by atoms with van der Waals surface area (Å²) in [7, 11) is 0. The van der Waals surface area contributed by atoms with Gasteiger partial charge in [-0.1, -0.05) is 48.5 Å². The number of benzene rings is 2. The predicted octanol–water partition coefficient (Wildman–Crippen LogP) is 2.48. The fourth-order valence-corrected chi connectivity index (χ4v) is 2.88. The first-order chi connectivity index (χ1) is 9.66. The van der Waals surface area contributed by atoms with Crippen LogP contribution >= 0.6 is 0 Å². The van der Waals surface area contributed by atoms with Crippen molar-refractivity contribution in [3.8, 4) is 0 Å². The van der Waals surface area contributed by atoms with E-state index in [0.29, 0.717) is 18.5 Å². The minimum atomic E-state index is -1.45. The Balaban J connectivity index is 2.06. The highest BCUT2D eigenvalue weighted by Crippen LogP contribution is 2.41. The molecule has 3 heteroatoms. The number of hydrogen-bond acceptors (Lipinski definition) is 2. The molecule has 0 saturated carbocycles. The molecule has 2 aromatic carbocycles. The number of hydrogen-bond donors (Lipinski definition) is 1.